The Morgan fingerprint density at radius 2 is 2.24 bits per heavy atom. The second kappa shape index (κ2) is 5.04. The van der Waals surface area contributed by atoms with Crippen LogP contribution in [0, 0.1) is 6.92 Å². The van der Waals surface area contributed by atoms with Gasteiger partial charge in [-0.15, -0.1) is 11.3 Å². The molecule has 0 aromatic carbocycles. The first-order chi connectivity index (χ1) is 8.13. The molecule has 0 amide bonds. The molecular formula is C12H13ClN2OS. The fourth-order valence-electron chi connectivity index (χ4n) is 1.53. The maximum absolute atomic E-state index is 6.21. The van der Waals surface area contributed by atoms with E-state index < -0.39 is 0 Å². The number of ether oxygens (including phenoxy) is 1. The van der Waals surface area contributed by atoms with Crippen LogP contribution in [0.1, 0.15) is 22.0 Å². The minimum Gasteiger partial charge on any atom is -0.495 e. The number of thiophene rings is 1. The molecular weight excluding hydrogens is 256 g/mol. The monoisotopic (exact) mass is 268 g/mol. The molecule has 2 heterocycles. The predicted molar refractivity (Wildman–Crippen MR) is 70.9 cm³/mol. The molecule has 17 heavy (non-hydrogen) atoms. The fourth-order valence-corrected chi connectivity index (χ4v) is 2.87. The van der Waals surface area contributed by atoms with Crippen LogP contribution in [0.25, 0.3) is 0 Å². The number of aromatic nitrogens is 1. The van der Waals surface area contributed by atoms with Gasteiger partial charge in [-0.3, -0.25) is 4.98 Å². The number of hydrogen-bond acceptors (Lipinski definition) is 4. The molecule has 0 saturated heterocycles. The molecule has 0 spiro atoms. The van der Waals surface area contributed by atoms with Gasteiger partial charge in [-0.05, 0) is 29.5 Å². The molecule has 1 atom stereocenters. The van der Waals surface area contributed by atoms with Gasteiger partial charge >= 0.3 is 0 Å². The third-order valence-electron chi connectivity index (χ3n) is 2.54. The van der Waals surface area contributed by atoms with Gasteiger partial charge in [-0.1, -0.05) is 11.6 Å². The molecule has 0 aliphatic rings. The summed E-state index contributed by atoms with van der Waals surface area (Å²) in [5, 5.41) is 2.75. The second-order valence-corrected chi connectivity index (χ2v) is 5.02. The van der Waals surface area contributed by atoms with Gasteiger partial charge in [0.2, 0.25) is 0 Å². The number of pyridine rings is 1. The Morgan fingerprint density at radius 1 is 1.47 bits per heavy atom. The van der Waals surface area contributed by atoms with E-state index in [0.29, 0.717) is 5.75 Å². The van der Waals surface area contributed by atoms with Crippen LogP contribution in [0.4, 0.5) is 0 Å². The van der Waals surface area contributed by atoms with E-state index in [-0.39, 0.29) is 6.04 Å². The Morgan fingerprint density at radius 3 is 2.82 bits per heavy atom. The predicted octanol–water partition coefficient (Wildman–Crippen LogP) is 3.16. The minimum atomic E-state index is -0.260. The lowest BCUT2D eigenvalue weighted by Gasteiger charge is -2.11. The lowest BCUT2D eigenvalue weighted by atomic mass is 10.1. The molecule has 2 aromatic heterocycles. The average Bonchev–Trinajstić information content (AvgIpc) is 2.69. The molecule has 90 valence electrons. The number of nitrogens with zero attached hydrogens (tertiary/aromatic N) is 1. The normalized spacial score (nSPS) is 12.5. The van der Waals surface area contributed by atoms with E-state index >= 15 is 0 Å². The molecule has 0 radical (unpaired) electrons. The highest BCUT2D eigenvalue weighted by molar-refractivity contribution is 7.10. The third-order valence-corrected chi connectivity index (χ3v) is 4.33. The number of halogens is 1. The standard InChI is InChI=1S/C12H13ClN2OS/c1-7-6-17-12(10(7)13)11(14)8-3-9(16-2)5-15-4-8/h3-6,11H,14H2,1-2H3. The van der Waals surface area contributed by atoms with Crippen molar-refractivity contribution in [2.45, 2.75) is 13.0 Å². The van der Waals surface area contributed by atoms with Crippen molar-refractivity contribution in [2.75, 3.05) is 7.11 Å². The molecule has 0 aliphatic carbocycles. The van der Waals surface area contributed by atoms with Crippen molar-refractivity contribution in [3.63, 3.8) is 0 Å². The SMILES string of the molecule is COc1cncc(C(N)c2scc(C)c2Cl)c1. The highest BCUT2D eigenvalue weighted by atomic mass is 35.5. The van der Waals surface area contributed by atoms with Crippen LogP contribution in [-0.4, -0.2) is 12.1 Å². The van der Waals surface area contributed by atoms with Crippen molar-refractivity contribution in [3.05, 3.63) is 44.9 Å². The molecule has 1 unspecified atom stereocenters. The van der Waals surface area contributed by atoms with Gasteiger partial charge in [-0.25, -0.2) is 0 Å². The molecule has 3 nitrogen and oxygen atoms in total. The number of aryl methyl sites for hydroxylation is 1. The zero-order chi connectivity index (χ0) is 12.4. The Kier molecular flexibility index (Phi) is 3.66. The molecule has 0 aliphatic heterocycles. The van der Waals surface area contributed by atoms with Crippen molar-refractivity contribution < 1.29 is 4.74 Å². The quantitative estimate of drug-likeness (QED) is 0.930. The lowest BCUT2D eigenvalue weighted by molar-refractivity contribution is 0.412. The third kappa shape index (κ3) is 2.44. The van der Waals surface area contributed by atoms with E-state index in [9.17, 15) is 0 Å². The highest BCUT2D eigenvalue weighted by Crippen LogP contribution is 2.34. The molecule has 2 rings (SSSR count). The molecule has 2 aromatic rings. The number of rotatable bonds is 3. The van der Waals surface area contributed by atoms with E-state index in [1.807, 2.05) is 18.4 Å². The maximum atomic E-state index is 6.21. The second-order valence-electron chi connectivity index (χ2n) is 3.73. The van der Waals surface area contributed by atoms with Crippen molar-refractivity contribution in [3.8, 4) is 5.75 Å². The minimum absolute atomic E-state index is 0.260. The van der Waals surface area contributed by atoms with Crippen LogP contribution in [0.5, 0.6) is 5.75 Å². The summed E-state index contributed by atoms with van der Waals surface area (Å²) in [6.45, 7) is 1.97. The first-order valence-corrected chi connectivity index (χ1v) is 6.37. The van der Waals surface area contributed by atoms with Gasteiger partial charge in [0, 0.05) is 11.1 Å². The maximum Gasteiger partial charge on any atom is 0.137 e. The van der Waals surface area contributed by atoms with Crippen molar-refractivity contribution >= 4 is 22.9 Å². The van der Waals surface area contributed by atoms with Gasteiger partial charge in [0.15, 0.2) is 0 Å². The summed E-state index contributed by atoms with van der Waals surface area (Å²) in [5.74, 6) is 0.697. The summed E-state index contributed by atoms with van der Waals surface area (Å²) >= 11 is 7.77. The van der Waals surface area contributed by atoms with Crippen LogP contribution in [0.15, 0.2) is 23.8 Å². The van der Waals surface area contributed by atoms with E-state index in [4.69, 9.17) is 22.1 Å². The number of nitrogens with two attached hydrogens (primary N) is 1. The fraction of sp³-hybridized carbons (Fsp3) is 0.250. The van der Waals surface area contributed by atoms with Crippen LogP contribution < -0.4 is 10.5 Å². The van der Waals surface area contributed by atoms with Gasteiger partial charge in [0.05, 0.1) is 24.4 Å². The van der Waals surface area contributed by atoms with Crippen LogP contribution >= 0.6 is 22.9 Å². The van der Waals surface area contributed by atoms with E-state index in [1.54, 1.807) is 30.8 Å². The summed E-state index contributed by atoms with van der Waals surface area (Å²) < 4.78 is 5.13. The smallest absolute Gasteiger partial charge is 0.137 e. The largest absolute Gasteiger partial charge is 0.495 e. The molecule has 5 heteroatoms. The molecule has 0 bridgehead atoms. The Hall–Kier alpha value is -1.10. The lowest BCUT2D eigenvalue weighted by Crippen LogP contribution is -2.11. The van der Waals surface area contributed by atoms with Crippen LogP contribution in [0.2, 0.25) is 5.02 Å². The summed E-state index contributed by atoms with van der Waals surface area (Å²) in [5.41, 5.74) is 8.13. The van der Waals surface area contributed by atoms with E-state index in [0.717, 1.165) is 21.0 Å². The molecule has 2 N–H and O–H groups in total. The van der Waals surface area contributed by atoms with E-state index in [2.05, 4.69) is 4.98 Å². The van der Waals surface area contributed by atoms with Crippen molar-refractivity contribution in [1.82, 2.24) is 4.98 Å². The summed E-state index contributed by atoms with van der Waals surface area (Å²) in [7, 11) is 1.61. The molecule has 0 fully saturated rings. The van der Waals surface area contributed by atoms with Crippen LogP contribution in [-0.2, 0) is 0 Å². The Labute approximate surface area is 109 Å². The summed E-state index contributed by atoms with van der Waals surface area (Å²) in [6, 6.07) is 1.62. The highest BCUT2D eigenvalue weighted by Gasteiger charge is 2.16. The Bertz CT molecular complexity index is 527. The zero-order valence-electron chi connectivity index (χ0n) is 9.61. The number of hydrogen-bond donors (Lipinski definition) is 1. The first kappa shape index (κ1) is 12.4. The molecule has 0 saturated carbocycles. The van der Waals surface area contributed by atoms with E-state index in [1.165, 1.54) is 0 Å². The van der Waals surface area contributed by atoms with Gasteiger partial charge in [0.1, 0.15) is 5.75 Å². The van der Waals surface area contributed by atoms with Gasteiger partial charge in [-0.2, -0.15) is 0 Å². The number of methoxy groups -OCH3 is 1. The summed E-state index contributed by atoms with van der Waals surface area (Å²) in [4.78, 5) is 5.05. The zero-order valence-corrected chi connectivity index (χ0v) is 11.2. The van der Waals surface area contributed by atoms with Crippen molar-refractivity contribution in [2.24, 2.45) is 5.73 Å². The van der Waals surface area contributed by atoms with Gasteiger partial charge in [0.25, 0.3) is 0 Å². The Balaban J connectivity index is 2.36. The van der Waals surface area contributed by atoms with Gasteiger partial charge < -0.3 is 10.5 Å². The topological polar surface area (TPSA) is 48.1 Å². The van der Waals surface area contributed by atoms with Crippen molar-refractivity contribution in [1.29, 1.82) is 0 Å². The summed E-state index contributed by atoms with van der Waals surface area (Å²) in [6.07, 6.45) is 3.38. The average molecular weight is 269 g/mol. The first-order valence-electron chi connectivity index (χ1n) is 5.11. The van der Waals surface area contributed by atoms with Crippen LogP contribution in [0.3, 0.4) is 0 Å².